The van der Waals surface area contributed by atoms with Crippen LogP contribution in [-0.4, -0.2) is 14.4 Å². The van der Waals surface area contributed by atoms with Crippen LogP contribution >= 0.6 is 11.6 Å². The molecule has 7 heteroatoms. The smallest absolute Gasteiger partial charge is 0.261 e. The summed E-state index contributed by atoms with van der Waals surface area (Å²) in [7, 11) is -3.94. The lowest BCUT2D eigenvalue weighted by Crippen LogP contribution is -2.23. The third-order valence-electron chi connectivity index (χ3n) is 3.38. The van der Waals surface area contributed by atoms with Gasteiger partial charge in [0.05, 0.1) is 16.6 Å². The minimum absolute atomic E-state index is 0.0772. The predicted octanol–water partition coefficient (Wildman–Crippen LogP) is 2.43. The molecule has 23 heavy (non-hydrogen) atoms. The number of rotatable bonds is 4. The molecule has 2 aromatic rings. The molecule has 0 saturated heterocycles. The van der Waals surface area contributed by atoms with Crippen LogP contribution in [0, 0.1) is 20.8 Å². The number of carbonyl (C=O) groups excluding carboxylic acids is 1. The average molecular weight is 353 g/mol. The predicted molar refractivity (Wildman–Crippen MR) is 87.2 cm³/mol. The number of hydrogen-bond acceptors (Lipinski definition) is 4. The molecule has 1 N–H and O–H groups in total. The molecule has 0 heterocycles. The lowest BCUT2D eigenvalue weighted by Gasteiger charge is -2.15. The molecule has 0 atom stereocenters. The number of sulfonamides is 1. The SMILES string of the molecule is Cc1cc(C)c(NS(=O)(=O)c2ccc(Cl)c(C(=O)[O-])c2)c(C)c1. The molecule has 0 aliphatic rings. The van der Waals surface area contributed by atoms with Gasteiger partial charge < -0.3 is 9.90 Å². The summed E-state index contributed by atoms with van der Waals surface area (Å²) in [5, 5.41) is 10.9. The molecule has 0 aliphatic heterocycles. The number of halogens is 1. The first kappa shape index (κ1) is 17.3. The number of aryl methyl sites for hydroxylation is 3. The molecule has 0 saturated carbocycles. The minimum Gasteiger partial charge on any atom is -0.545 e. The summed E-state index contributed by atoms with van der Waals surface area (Å²) < 4.78 is 27.5. The van der Waals surface area contributed by atoms with Gasteiger partial charge in [-0.15, -0.1) is 0 Å². The fourth-order valence-electron chi connectivity index (χ4n) is 2.36. The molecule has 2 aromatic carbocycles. The van der Waals surface area contributed by atoms with E-state index in [1.807, 2.05) is 19.1 Å². The van der Waals surface area contributed by atoms with Gasteiger partial charge in [-0.25, -0.2) is 8.42 Å². The summed E-state index contributed by atoms with van der Waals surface area (Å²) in [5.41, 5.74) is 2.68. The maximum Gasteiger partial charge on any atom is 0.261 e. The van der Waals surface area contributed by atoms with Gasteiger partial charge in [0.25, 0.3) is 10.0 Å². The van der Waals surface area contributed by atoms with Gasteiger partial charge in [0, 0.05) is 10.6 Å². The highest BCUT2D eigenvalue weighted by atomic mass is 35.5. The van der Waals surface area contributed by atoms with Crippen molar-refractivity contribution in [1.82, 2.24) is 0 Å². The van der Waals surface area contributed by atoms with Gasteiger partial charge in [0.15, 0.2) is 0 Å². The molecule has 122 valence electrons. The molecule has 2 rings (SSSR count). The van der Waals surface area contributed by atoms with Crippen LogP contribution < -0.4 is 9.83 Å². The highest BCUT2D eigenvalue weighted by molar-refractivity contribution is 7.92. The molecule has 0 bridgehead atoms. The van der Waals surface area contributed by atoms with Crippen LogP contribution in [0.1, 0.15) is 27.0 Å². The summed E-state index contributed by atoms with van der Waals surface area (Å²) in [6, 6.07) is 7.17. The number of benzene rings is 2. The molecule has 0 aliphatic carbocycles. The number of anilines is 1. The van der Waals surface area contributed by atoms with Crippen LogP contribution in [0.15, 0.2) is 35.2 Å². The van der Waals surface area contributed by atoms with Crippen molar-refractivity contribution < 1.29 is 18.3 Å². The van der Waals surface area contributed by atoms with Crippen LogP contribution in [-0.2, 0) is 10.0 Å². The van der Waals surface area contributed by atoms with Crippen LogP contribution in [0.25, 0.3) is 0 Å². The summed E-state index contributed by atoms with van der Waals surface area (Å²) >= 11 is 5.73. The first-order chi connectivity index (χ1) is 10.6. The third-order valence-corrected chi connectivity index (χ3v) is 5.06. The second-order valence-corrected chi connectivity index (χ2v) is 7.40. The van der Waals surface area contributed by atoms with E-state index >= 15 is 0 Å². The topological polar surface area (TPSA) is 86.3 Å². The van der Waals surface area contributed by atoms with Crippen molar-refractivity contribution in [2.24, 2.45) is 0 Å². The van der Waals surface area contributed by atoms with Crippen molar-refractivity contribution in [2.45, 2.75) is 25.7 Å². The molecule has 0 spiro atoms. The van der Waals surface area contributed by atoms with E-state index in [1.54, 1.807) is 13.8 Å². The van der Waals surface area contributed by atoms with E-state index in [0.717, 1.165) is 22.8 Å². The number of aromatic carboxylic acids is 1. The van der Waals surface area contributed by atoms with Crippen molar-refractivity contribution in [2.75, 3.05) is 4.72 Å². The van der Waals surface area contributed by atoms with Gasteiger partial charge >= 0.3 is 0 Å². The number of carbonyl (C=O) groups is 1. The standard InChI is InChI=1S/C16H16ClNO4S/c1-9-6-10(2)15(11(3)7-9)18-23(21,22)12-4-5-14(17)13(8-12)16(19)20/h4-8,18H,1-3H3,(H,19,20)/p-1. The van der Waals surface area contributed by atoms with Crippen molar-refractivity contribution in [1.29, 1.82) is 0 Å². The van der Waals surface area contributed by atoms with Gasteiger partial charge in [-0.1, -0.05) is 29.3 Å². The Morgan fingerprint density at radius 2 is 1.65 bits per heavy atom. The number of carboxylic acids is 1. The van der Waals surface area contributed by atoms with Gasteiger partial charge in [-0.3, -0.25) is 4.72 Å². The number of carboxylic acid groups (broad SMARTS) is 1. The van der Waals surface area contributed by atoms with Crippen LogP contribution in [0.3, 0.4) is 0 Å². The monoisotopic (exact) mass is 352 g/mol. The van der Waals surface area contributed by atoms with Gasteiger partial charge in [0.1, 0.15) is 0 Å². The molecule has 0 radical (unpaired) electrons. The van der Waals surface area contributed by atoms with E-state index in [4.69, 9.17) is 11.6 Å². The van der Waals surface area contributed by atoms with E-state index in [9.17, 15) is 18.3 Å². The van der Waals surface area contributed by atoms with Crippen LogP contribution in [0.4, 0.5) is 5.69 Å². The second-order valence-electron chi connectivity index (χ2n) is 5.31. The fraction of sp³-hybridized carbons (Fsp3) is 0.188. The molecule has 0 aromatic heterocycles. The van der Waals surface area contributed by atoms with Gasteiger partial charge in [-0.05, 0) is 50.1 Å². The normalized spacial score (nSPS) is 11.3. The highest BCUT2D eigenvalue weighted by Crippen LogP contribution is 2.26. The Balaban J connectivity index is 2.48. The Bertz CT molecular complexity index is 868. The lowest BCUT2D eigenvalue weighted by atomic mass is 10.1. The highest BCUT2D eigenvalue weighted by Gasteiger charge is 2.18. The van der Waals surface area contributed by atoms with Crippen molar-refractivity contribution in [3.63, 3.8) is 0 Å². The zero-order chi connectivity index (χ0) is 17.4. The Labute approximate surface area is 140 Å². The van der Waals surface area contributed by atoms with Gasteiger partial charge in [0.2, 0.25) is 0 Å². The summed E-state index contributed by atoms with van der Waals surface area (Å²) in [5.74, 6) is -1.53. The average Bonchev–Trinajstić information content (AvgIpc) is 2.42. The van der Waals surface area contributed by atoms with E-state index in [-0.39, 0.29) is 15.5 Å². The third kappa shape index (κ3) is 3.65. The molecule has 0 amide bonds. The summed E-state index contributed by atoms with van der Waals surface area (Å²) in [4.78, 5) is 10.8. The van der Waals surface area contributed by atoms with Gasteiger partial charge in [-0.2, -0.15) is 0 Å². The van der Waals surface area contributed by atoms with E-state index in [2.05, 4.69) is 4.72 Å². The first-order valence-corrected chi connectivity index (χ1v) is 8.59. The lowest BCUT2D eigenvalue weighted by molar-refractivity contribution is -0.255. The number of nitrogens with one attached hydrogen (secondary N) is 1. The maximum absolute atomic E-state index is 12.5. The zero-order valence-corrected chi connectivity index (χ0v) is 14.4. The Kier molecular flexibility index (Phi) is 4.68. The summed E-state index contributed by atoms with van der Waals surface area (Å²) in [6.45, 7) is 5.52. The molecular formula is C16H15ClNO4S-. The largest absolute Gasteiger partial charge is 0.545 e. The van der Waals surface area contributed by atoms with E-state index in [1.165, 1.54) is 12.1 Å². The van der Waals surface area contributed by atoms with Crippen LogP contribution in [0.5, 0.6) is 0 Å². The first-order valence-electron chi connectivity index (χ1n) is 6.73. The Morgan fingerprint density at radius 3 is 2.17 bits per heavy atom. The second kappa shape index (κ2) is 6.22. The van der Waals surface area contributed by atoms with Crippen LogP contribution in [0.2, 0.25) is 5.02 Å². The van der Waals surface area contributed by atoms with Crippen molar-refractivity contribution in [3.8, 4) is 0 Å². The van der Waals surface area contributed by atoms with Crippen molar-refractivity contribution >= 4 is 33.3 Å². The quantitative estimate of drug-likeness (QED) is 0.915. The fourth-order valence-corrected chi connectivity index (χ4v) is 3.79. The van der Waals surface area contributed by atoms with Crippen molar-refractivity contribution in [3.05, 3.63) is 57.6 Å². The maximum atomic E-state index is 12.5. The summed E-state index contributed by atoms with van der Waals surface area (Å²) in [6.07, 6.45) is 0. The molecule has 0 fully saturated rings. The number of hydrogen-bond donors (Lipinski definition) is 1. The minimum atomic E-state index is -3.94. The van der Waals surface area contributed by atoms with E-state index < -0.39 is 16.0 Å². The molecular weight excluding hydrogens is 338 g/mol. The Hall–Kier alpha value is -2.05. The molecule has 5 nitrogen and oxygen atoms in total. The Morgan fingerprint density at radius 1 is 1.09 bits per heavy atom. The zero-order valence-electron chi connectivity index (χ0n) is 12.8. The van der Waals surface area contributed by atoms with E-state index in [0.29, 0.717) is 5.69 Å². The molecule has 0 unspecified atom stereocenters.